The van der Waals surface area contributed by atoms with Gasteiger partial charge in [-0.1, -0.05) is 34.4 Å². The maximum absolute atomic E-state index is 13.2. The van der Waals surface area contributed by atoms with Gasteiger partial charge in [0.1, 0.15) is 18.4 Å². The summed E-state index contributed by atoms with van der Waals surface area (Å²) in [5.74, 6) is -0.368. The van der Waals surface area contributed by atoms with Gasteiger partial charge >= 0.3 is 6.18 Å². The summed E-state index contributed by atoms with van der Waals surface area (Å²) in [6, 6.07) is 7.29. The molecule has 10 heteroatoms. The molecule has 2 unspecified atom stereocenters. The topological polar surface area (TPSA) is 60.8 Å². The Morgan fingerprint density at radius 3 is 2.47 bits per heavy atom. The summed E-state index contributed by atoms with van der Waals surface area (Å²) in [6.45, 7) is -0.0354. The van der Waals surface area contributed by atoms with Gasteiger partial charge in [-0.05, 0) is 37.0 Å². The fraction of sp³-hybridized carbons (Fsp3) is 0.350. The number of rotatable bonds is 6. The highest BCUT2D eigenvalue weighted by atomic mass is 35.5. The zero-order chi connectivity index (χ0) is 21.5. The van der Waals surface area contributed by atoms with Crippen LogP contribution in [0.1, 0.15) is 34.5 Å². The Morgan fingerprint density at radius 2 is 1.87 bits per heavy atom. The monoisotopic (exact) mass is 458 g/mol. The molecule has 158 valence electrons. The number of aldehydes is 1. The summed E-state index contributed by atoms with van der Waals surface area (Å²) in [7, 11) is 0. The van der Waals surface area contributed by atoms with Crippen LogP contribution in [-0.4, -0.2) is 29.7 Å². The van der Waals surface area contributed by atoms with Crippen molar-refractivity contribution in [1.29, 1.82) is 0 Å². The second-order valence-corrected chi connectivity index (χ2v) is 7.92. The highest BCUT2D eigenvalue weighted by Crippen LogP contribution is 2.43. The lowest BCUT2D eigenvalue weighted by Crippen LogP contribution is -2.32. The van der Waals surface area contributed by atoms with Crippen molar-refractivity contribution in [2.24, 2.45) is 17.0 Å². The molecule has 0 bridgehead atoms. The van der Waals surface area contributed by atoms with Crippen molar-refractivity contribution in [3.8, 4) is 5.88 Å². The van der Waals surface area contributed by atoms with Crippen LogP contribution in [0.2, 0.25) is 10.0 Å². The van der Waals surface area contributed by atoms with Crippen LogP contribution in [0.15, 0.2) is 35.5 Å². The number of aromatic nitrogens is 1. The average molecular weight is 459 g/mol. The third kappa shape index (κ3) is 4.11. The number of benzene rings is 1. The lowest BCUT2D eigenvalue weighted by atomic mass is 9.90. The Balaban J connectivity index is 1.60. The van der Waals surface area contributed by atoms with Crippen molar-refractivity contribution in [3.63, 3.8) is 0 Å². The van der Waals surface area contributed by atoms with Gasteiger partial charge in [-0.2, -0.15) is 13.2 Å². The average Bonchev–Trinajstić information content (AvgIpc) is 3.46. The molecule has 1 saturated carbocycles. The first-order valence-corrected chi connectivity index (χ1v) is 9.89. The molecule has 0 saturated heterocycles. The van der Waals surface area contributed by atoms with Gasteiger partial charge in [-0.15, -0.1) is 0 Å². The van der Waals surface area contributed by atoms with Crippen molar-refractivity contribution in [2.45, 2.75) is 25.1 Å². The molecule has 2 aromatic rings. The minimum Gasteiger partial charge on any atom is -0.477 e. The van der Waals surface area contributed by atoms with Crippen LogP contribution in [0, 0.1) is 11.8 Å². The predicted octanol–water partition coefficient (Wildman–Crippen LogP) is 5.43. The molecule has 0 radical (unpaired) electrons. The van der Waals surface area contributed by atoms with E-state index in [1.165, 1.54) is 6.07 Å². The summed E-state index contributed by atoms with van der Waals surface area (Å²) < 4.78 is 45.1. The van der Waals surface area contributed by atoms with Gasteiger partial charge in [0.15, 0.2) is 12.0 Å². The second kappa shape index (κ2) is 8.07. The van der Waals surface area contributed by atoms with Crippen LogP contribution in [0.4, 0.5) is 13.2 Å². The van der Waals surface area contributed by atoms with Crippen LogP contribution in [-0.2, 0) is 11.0 Å². The number of oxime groups is 1. The molecule has 0 N–H and O–H groups in total. The Morgan fingerprint density at radius 1 is 1.17 bits per heavy atom. The number of halogens is 5. The third-order valence-electron chi connectivity index (χ3n) is 5.03. The van der Waals surface area contributed by atoms with Gasteiger partial charge in [0.2, 0.25) is 5.88 Å². The number of carbonyl (C=O) groups excluding carboxylic acids is 1. The van der Waals surface area contributed by atoms with Crippen molar-refractivity contribution in [1.82, 2.24) is 4.98 Å². The number of ether oxygens (including phenoxy) is 1. The van der Waals surface area contributed by atoms with E-state index in [9.17, 15) is 18.0 Å². The van der Waals surface area contributed by atoms with Crippen LogP contribution in [0.25, 0.3) is 0 Å². The maximum Gasteiger partial charge on any atom is 0.434 e. The van der Waals surface area contributed by atoms with E-state index >= 15 is 0 Å². The highest BCUT2D eigenvalue weighted by Gasteiger charge is 2.46. The number of nitrogens with zero attached hydrogens (tertiary/aromatic N) is 2. The van der Waals surface area contributed by atoms with Crippen molar-refractivity contribution in [3.05, 3.63) is 57.2 Å². The number of alkyl halides is 3. The zero-order valence-corrected chi connectivity index (χ0v) is 16.8. The van der Waals surface area contributed by atoms with Crippen molar-refractivity contribution >= 4 is 35.2 Å². The van der Waals surface area contributed by atoms with E-state index in [0.29, 0.717) is 21.3 Å². The smallest absolute Gasteiger partial charge is 0.434 e. The van der Waals surface area contributed by atoms with Crippen molar-refractivity contribution < 1.29 is 27.5 Å². The fourth-order valence-electron chi connectivity index (χ4n) is 3.43. The molecular weight excluding hydrogens is 444 g/mol. The lowest BCUT2D eigenvalue weighted by molar-refractivity contribution is -0.141. The molecule has 2 heterocycles. The Labute approximate surface area is 179 Å². The summed E-state index contributed by atoms with van der Waals surface area (Å²) in [5, 5.41) is 4.95. The summed E-state index contributed by atoms with van der Waals surface area (Å²) in [5.41, 5.74) is -0.847. The second-order valence-electron chi connectivity index (χ2n) is 7.10. The molecule has 0 amide bonds. The molecule has 1 aliphatic heterocycles. The van der Waals surface area contributed by atoms with E-state index in [1.54, 1.807) is 18.2 Å². The maximum atomic E-state index is 13.2. The van der Waals surface area contributed by atoms with Crippen LogP contribution in [0.5, 0.6) is 5.88 Å². The molecule has 1 aliphatic carbocycles. The Hall–Kier alpha value is -2.32. The standard InChI is InChI=1S/C20H15Cl2F3N2O3/c21-13-2-1-3-14(22)16(13)17-12(18(30-27-17)10-4-5-10)9-29-15-7-6-11(8-28)19(26-15)20(23,24)25/h1-3,6-8,10,12,18H,4-5,9H2. The van der Waals surface area contributed by atoms with Gasteiger partial charge < -0.3 is 9.57 Å². The van der Waals surface area contributed by atoms with Crippen molar-refractivity contribution in [2.75, 3.05) is 6.61 Å². The quantitative estimate of drug-likeness (QED) is 0.541. The molecule has 0 spiro atoms. The van der Waals surface area contributed by atoms with Gasteiger partial charge in [-0.25, -0.2) is 4.98 Å². The van der Waals surface area contributed by atoms with E-state index < -0.39 is 23.4 Å². The minimum atomic E-state index is -4.78. The summed E-state index contributed by atoms with van der Waals surface area (Å²) >= 11 is 12.6. The van der Waals surface area contributed by atoms with Crippen LogP contribution in [0.3, 0.4) is 0 Å². The molecular formula is C20H15Cl2F3N2O3. The first-order valence-electron chi connectivity index (χ1n) is 9.14. The summed E-state index contributed by atoms with van der Waals surface area (Å²) in [4.78, 5) is 20.0. The van der Waals surface area contributed by atoms with E-state index in [4.69, 9.17) is 32.8 Å². The first kappa shape index (κ1) is 20.9. The van der Waals surface area contributed by atoms with Gasteiger partial charge in [0.05, 0.1) is 16.0 Å². The molecule has 1 aromatic carbocycles. The third-order valence-corrected chi connectivity index (χ3v) is 5.66. The Bertz CT molecular complexity index is 989. The molecule has 1 aromatic heterocycles. The van der Waals surface area contributed by atoms with E-state index in [2.05, 4.69) is 10.1 Å². The van der Waals surface area contributed by atoms with Gasteiger partial charge in [0.25, 0.3) is 0 Å². The van der Waals surface area contributed by atoms with Gasteiger partial charge in [0, 0.05) is 17.2 Å². The van der Waals surface area contributed by atoms with E-state index in [1.807, 2.05) is 0 Å². The normalized spacial score (nSPS) is 21.2. The first-order chi connectivity index (χ1) is 14.3. The van der Waals surface area contributed by atoms with Crippen LogP contribution >= 0.6 is 23.2 Å². The van der Waals surface area contributed by atoms with Crippen LogP contribution < -0.4 is 4.74 Å². The largest absolute Gasteiger partial charge is 0.477 e. The predicted molar refractivity (Wildman–Crippen MR) is 104 cm³/mol. The SMILES string of the molecule is O=Cc1ccc(OCC2C(c3c(Cl)cccc3Cl)=NOC2C2CC2)nc1C(F)(F)F. The zero-order valence-electron chi connectivity index (χ0n) is 15.3. The summed E-state index contributed by atoms with van der Waals surface area (Å²) in [6.07, 6.45) is -3.03. The molecule has 2 atom stereocenters. The minimum absolute atomic E-state index is 0.0354. The molecule has 5 nitrogen and oxygen atoms in total. The molecule has 2 aliphatic rings. The lowest BCUT2D eigenvalue weighted by Gasteiger charge is -2.20. The molecule has 1 fully saturated rings. The number of carbonyl (C=O) groups is 1. The molecule has 4 rings (SSSR count). The number of hydrogen-bond acceptors (Lipinski definition) is 5. The van der Waals surface area contributed by atoms with E-state index in [0.717, 1.165) is 18.9 Å². The van der Waals surface area contributed by atoms with E-state index in [-0.39, 0.29) is 30.8 Å². The van der Waals surface area contributed by atoms with Gasteiger partial charge in [-0.3, -0.25) is 4.79 Å². The number of pyridine rings is 1. The number of hydrogen-bond donors (Lipinski definition) is 0. The fourth-order valence-corrected chi connectivity index (χ4v) is 4.02. The Kier molecular flexibility index (Phi) is 5.63. The molecule has 30 heavy (non-hydrogen) atoms. The highest BCUT2D eigenvalue weighted by molar-refractivity contribution is 6.40.